The van der Waals surface area contributed by atoms with Crippen LogP contribution in [-0.2, 0) is 13.6 Å². The summed E-state index contributed by atoms with van der Waals surface area (Å²) < 4.78 is 1.64. The average Bonchev–Trinajstić information content (AvgIpc) is 3.15. The van der Waals surface area contributed by atoms with E-state index in [1.807, 2.05) is 13.1 Å². The van der Waals surface area contributed by atoms with Crippen molar-refractivity contribution in [2.45, 2.75) is 13.0 Å². The first kappa shape index (κ1) is 14.8. The number of hydrogen-bond acceptors (Lipinski definition) is 3. The molecule has 116 valence electrons. The molecule has 1 aliphatic heterocycles. The number of nitrogens with one attached hydrogen (secondary N) is 1. The van der Waals surface area contributed by atoms with Gasteiger partial charge in [-0.1, -0.05) is 30.3 Å². The van der Waals surface area contributed by atoms with E-state index in [1.54, 1.807) is 17.1 Å². The van der Waals surface area contributed by atoms with Crippen LogP contribution >= 0.6 is 0 Å². The summed E-state index contributed by atoms with van der Waals surface area (Å²) in [4.78, 5) is 14.5. The molecule has 1 atom stereocenters. The molecule has 1 saturated heterocycles. The minimum Gasteiger partial charge on any atom is -0.352 e. The molecule has 5 heteroatoms. The number of rotatable bonds is 5. The van der Waals surface area contributed by atoms with E-state index >= 15 is 0 Å². The molecule has 1 fully saturated rings. The van der Waals surface area contributed by atoms with Gasteiger partial charge >= 0.3 is 0 Å². The maximum absolute atomic E-state index is 12.0. The molecule has 5 nitrogen and oxygen atoms in total. The van der Waals surface area contributed by atoms with E-state index in [0.717, 1.165) is 32.6 Å². The number of carbonyl (C=O) groups excluding carboxylic acids is 1. The molecule has 1 amide bonds. The zero-order chi connectivity index (χ0) is 15.4. The standard InChI is InChI=1S/C17H22N4O/c1-20-13-16(10-19-20)17(22)18-9-15-7-8-21(12-15)11-14-5-3-2-4-6-14/h2-6,10,13,15H,7-9,11-12H2,1H3,(H,18,22)/t15-/m1/s1. The Morgan fingerprint density at radius 2 is 2.18 bits per heavy atom. The maximum atomic E-state index is 12.0. The highest BCUT2D eigenvalue weighted by atomic mass is 16.1. The fraction of sp³-hybridized carbons (Fsp3) is 0.412. The molecule has 1 aromatic heterocycles. The van der Waals surface area contributed by atoms with Crippen molar-refractivity contribution in [1.82, 2.24) is 20.0 Å². The summed E-state index contributed by atoms with van der Waals surface area (Å²) in [6, 6.07) is 10.5. The Labute approximate surface area is 130 Å². The summed E-state index contributed by atoms with van der Waals surface area (Å²) in [5.41, 5.74) is 1.98. The Hall–Kier alpha value is -2.14. The minimum atomic E-state index is -0.0328. The average molecular weight is 298 g/mol. The number of aryl methyl sites for hydroxylation is 1. The highest BCUT2D eigenvalue weighted by molar-refractivity contribution is 5.93. The predicted molar refractivity (Wildman–Crippen MR) is 85.4 cm³/mol. The Balaban J connectivity index is 1.44. The highest BCUT2D eigenvalue weighted by Gasteiger charge is 2.23. The van der Waals surface area contributed by atoms with Gasteiger partial charge in [-0.2, -0.15) is 5.10 Å². The maximum Gasteiger partial charge on any atom is 0.254 e. The van der Waals surface area contributed by atoms with Crippen molar-refractivity contribution in [3.05, 3.63) is 53.9 Å². The highest BCUT2D eigenvalue weighted by Crippen LogP contribution is 2.18. The summed E-state index contributed by atoms with van der Waals surface area (Å²) >= 11 is 0. The van der Waals surface area contributed by atoms with Gasteiger partial charge in [0, 0.05) is 32.9 Å². The van der Waals surface area contributed by atoms with Crippen LogP contribution in [0.15, 0.2) is 42.7 Å². The Bertz CT molecular complexity index is 623. The van der Waals surface area contributed by atoms with Gasteiger partial charge in [-0.15, -0.1) is 0 Å². The quantitative estimate of drug-likeness (QED) is 0.913. The van der Waals surface area contributed by atoms with Crippen LogP contribution in [-0.4, -0.2) is 40.2 Å². The first-order valence-corrected chi connectivity index (χ1v) is 7.74. The van der Waals surface area contributed by atoms with Gasteiger partial charge in [0.25, 0.3) is 5.91 Å². The SMILES string of the molecule is Cn1cc(C(=O)NC[C@H]2CCN(Cc3ccccc3)C2)cn1. The molecule has 0 unspecified atom stereocenters. The summed E-state index contributed by atoms with van der Waals surface area (Å²) in [6.45, 7) is 3.87. The van der Waals surface area contributed by atoms with E-state index in [4.69, 9.17) is 0 Å². The fourth-order valence-electron chi connectivity index (χ4n) is 2.94. The molecular formula is C17H22N4O. The van der Waals surface area contributed by atoms with Crippen molar-refractivity contribution in [2.75, 3.05) is 19.6 Å². The van der Waals surface area contributed by atoms with E-state index in [-0.39, 0.29) is 5.91 Å². The topological polar surface area (TPSA) is 50.2 Å². The Morgan fingerprint density at radius 3 is 2.91 bits per heavy atom. The monoisotopic (exact) mass is 298 g/mol. The molecule has 1 aromatic carbocycles. The second kappa shape index (κ2) is 6.75. The third kappa shape index (κ3) is 3.74. The van der Waals surface area contributed by atoms with Crippen LogP contribution in [0.1, 0.15) is 22.3 Å². The molecule has 2 heterocycles. The number of hydrogen-bond donors (Lipinski definition) is 1. The number of likely N-dealkylation sites (tertiary alicyclic amines) is 1. The van der Waals surface area contributed by atoms with Crippen LogP contribution in [0.2, 0.25) is 0 Å². The van der Waals surface area contributed by atoms with Crippen molar-refractivity contribution in [3.8, 4) is 0 Å². The van der Waals surface area contributed by atoms with E-state index in [1.165, 1.54) is 5.56 Å². The molecule has 22 heavy (non-hydrogen) atoms. The van der Waals surface area contributed by atoms with Crippen molar-refractivity contribution in [3.63, 3.8) is 0 Å². The summed E-state index contributed by atoms with van der Waals surface area (Å²) in [5, 5.41) is 7.04. The zero-order valence-electron chi connectivity index (χ0n) is 12.9. The molecule has 2 aromatic rings. The van der Waals surface area contributed by atoms with Gasteiger partial charge in [0.1, 0.15) is 0 Å². The van der Waals surface area contributed by atoms with Gasteiger partial charge in [-0.3, -0.25) is 14.4 Å². The van der Waals surface area contributed by atoms with Crippen molar-refractivity contribution in [2.24, 2.45) is 13.0 Å². The largest absolute Gasteiger partial charge is 0.352 e. The molecule has 0 aliphatic carbocycles. The number of carbonyl (C=O) groups is 1. The number of amides is 1. The van der Waals surface area contributed by atoms with Crippen molar-refractivity contribution < 1.29 is 4.79 Å². The van der Waals surface area contributed by atoms with Gasteiger partial charge in [0.05, 0.1) is 11.8 Å². The van der Waals surface area contributed by atoms with E-state index in [0.29, 0.717) is 11.5 Å². The Morgan fingerprint density at radius 1 is 1.36 bits per heavy atom. The van der Waals surface area contributed by atoms with Crippen LogP contribution in [0.5, 0.6) is 0 Å². The van der Waals surface area contributed by atoms with Crippen LogP contribution in [0, 0.1) is 5.92 Å². The minimum absolute atomic E-state index is 0.0328. The normalized spacial score (nSPS) is 18.5. The first-order valence-electron chi connectivity index (χ1n) is 7.74. The zero-order valence-corrected chi connectivity index (χ0v) is 12.9. The lowest BCUT2D eigenvalue weighted by Gasteiger charge is -2.16. The molecule has 1 aliphatic rings. The van der Waals surface area contributed by atoms with Crippen LogP contribution in [0.4, 0.5) is 0 Å². The molecular weight excluding hydrogens is 276 g/mol. The number of aromatic nitrogens is 2. The lowest BCUT2D eigenvalue weighted by atomic mass is 10.1. The van der Waals surface area contributed by atoms with Gasteiger partial charge in [-0.05, 0) is 24.4 Å². The molecule has 0 radical (unpaired) electrons. The second-order valence-corrected chi connectivity index (χ2v) is 5.99. The summed E-state index contributed by atoms with van der Waals surface area (Å²) in [5.74, 6) is 0.499. The molecule has 0 saturated carbocycles. The summed E-state index contributed by atoms with van der Waals surface area (Å²) in [7, 11) is 1.81. The van der Waals surface area contributed by atoms with Crippen LogP contribution < -0.4 is 5.32 Å². The van der Waals surface area contributed by atoms with E-state index in [9.17, 15) is 4.79 Å². The Kier molecular flexibility index (Phi) is 4.53. The fourth-order valence-corrected chi connectivity index (χ4v) is 2.94. The van der Waals surface area contributed by atoms with E-state index < -0.39 is 0 Å². The van der Waals surface area contributed by atoms with Crippen LogP contribution in [0.25, 0.3) is 0 Å². The molecule has 3 rings (SSSR count). The molecule has 1 N–H and O–H groups in total. The van der Waals surface area contributed by atoms with Gasteiger partial charge in [-0.25, -0.2) is 0 Å². The van der Waals surface area contributed by atoms with Gasteiger partial charge in [0.2, 0.25) is 0 Å². The lowest BCUT2D eigenvalue weighted by Crippen LogP contribution is -2.30. The first-order chi connectivity index (χ1) is 10.7. The molecule has 0 spiro atoms. The van der Waals surface area contributed by atoms with Crippen LogP contribution in [0.3, 0.4) is 0 Å². The predicted octanol–water partition coefficient (Wildman–Crippen LogP) is 1.67. The third-order valence-electron chi connectivity index (χ3n) is 4.14. The molecule has 0 bridgehead atoms. The lowest BCUT2D eigenvalue weighted by molar-refractivity contribution is 0.0947. The summed E-state index contributed by atoms with van der Waals surface area (Å²) in [6.07, 6.45) is 4.48. The third-order valence-corrected chi connectivity index (χ3v) is 4.14. The smallest absolute Gasteiger partial charge is 0.254 e. The number of benzene rings is 1. The van der Waals surface area contributed by atoms with E-state index in [2.05, 4.69) is 39.6 Å². The van der Waals surface area contributed by atoms with Crippen molar-refractivity contribution in [1.29, 1.82) is 0 Å². The van der Waals surface area contributed by atoms with Crippen molar-refractivity contribution >= 4 is 5.91 Å². The van der Waals surface area contributed by atoms with Gasteiger partial charge < -0.3 is 5.32 Å². The van der Waals surface area contributed by atoms with Gasteiger partial charge in [0.15, 0.2) is 0 Å². The second-order valence-electron chi connectivity index (χ2n) is 5.99. The number of nitrogens with zero attached hydrogens (tertiary/aromatic N) is 3.